The second-order valence-electron chi connectivity index (χ2n) is 13.9. The summed E-state index contributed by atoms with van der Waals surface area (Å²) in [6, 6.07) is 1.17. The summed E-state index contributed by atoms with van der Waals surface area (Å²) in [5.41, 5.74) is 0. The van der Waals surface area contributed by atoms with Crippen LogP contribution in [0.25, 0.3) is 0 Å². The number of rotatable bonds is 28. The van der Waals surface area contributed by atoms with Crippen LogP contribution in [0.2, 0.25) is 0 Å². The van der Waals surface area contributed by atoms with Gasteiger partial charge in [-0.05, 0) is 64.7 Å². The van der Waals surface area contributed by atoms with E-state index in [9.17, 15) is 9.59 Å². The summed E-state index contributed by atoms with van der Waals surface area (Å²) in [6.45, 7) is 11.3. The Kier molecular flexibility index (Phi) is 24.8. The van der Waals surface area contributed by atoms with Crippen molar-refractivity contribution in [2.45, 2.75) is 180 Å². The standard InChI is InChI=1S/C38H73N3O4/c1-3-5-7-9-11-13-15-17-19-21-37(42)44-33-31-41(36-25-29-40(30-26-36)35-23-27-39-28-24-35)32-34-45-38(43)22-20-18-16-14-12-10-8-6-4-2/h35-36,39H,3-34H2,1-2H3. The van der Waals surface area contributed by atoms with Gasteiger partial charge in [-0.2, -0.15) is 0 Å². The van der Waals surface area contributed by atoms with Crippen LogP contribution in [-0.4, -0.2) is 86.3 Å². The van der Waals surface area contributed by atoms with Gasteiger partial charge in [-0.1, -0.05) is 117 Å². The lowest BCUT2D eigenvalue weighted by Gasteiger charge is -2.42. The number of hydrogen-bond acceptors (Lipinski definition) is 7. The molecule has 0 aliphatic carbocycles. The maximum atomic E-state index is 12.4. The van der Waals surface area contributed by atoms with Crippen LogP contribution in [0.4, 0.5) is 0 Å². The average Bonchev–Trinajstić information content (AvgIpc) is 3.06. The molecule has 7 nitrogen and oxygen atoms in total. The molecule has 0 amide bonds. The summed E-state index contributed by atoms with van der Waals surface area (Å²) in [5.74, 6) is -0.128. The Balaban J connectivity index is 1.64. The maximum Gasteiger partial charge on any atom is 0.305 e. The van der Waals surface area contributed by atoms with Crippen LogP contribution in [0.3, 0.4) is 0 Å². The maximum absolute atomic E-state index is 12.4. The monoisotopic (exact) mass is 636 g/mol. The van der Waals surface area contributed by atoms with Gasteiger partial charge in [0.25, 0.3) is 0 Å². The van der Waals surface area contributed by atoms with E-state index < -0.39 is 0 Å². The molecule has 0 aromatic carbocycles. The first-order chi connectivity index (χ1) is 22.1. The van der Waals surface area contributed by atoms with Crippen LogP contribution in [0.1, 0.15) is 168 Å². The first-order valence-corrected chi connectivity index (χ1v) is 19.6. The molecule has 2 saturated heterocycles. The molecule has 2 aliphatic heterocycles. The number of likely N-dealkylation sites (tertiary alicyclic amines) is 1. The number of hydrogen-bond donors (Lipinski definition) is 1. The lowest BCUT2D eigenvalue weighted by molar-refractivity contribution is -0.145. The normalized spacial score (nSPS) is 16.8. The van der Waals surface area contributed by atoms with Gasteiger partial charge in [0.2, 0.25) is 0 Å². The first kappa shape index (κ1) is 40.0. The van der Waals surface area contributed by atoms with Crippen molar-refractivity contribution >= 4 is 11.9 Å². The predicted octanol–water partition coefficient (Wildman–Crippen LogP) is 8.43. The van der Waals surface area contributed by atoms with E-state index in [1.165, 1.54) is 103 Å². The average molecular weight is 636 g/mol. The van der Waals surface area contributed by atoms with Gasteiger partial charge >= 0.3 is 11.9 Å². The van der Waals surface area contributed by atoms with E-state index in [1.54, 1.807) is 0 Å². The van der Waals surface area contributed by atoms with Gasteiger partial charge in [0.1, 0.15) is 13.2 Å². The third kappa shape index (κ3) is 20.6. The molecule has 7 heteroatoms. The van der Waals surface area contributed by atoms with Crippen LogP contribution in [0, 0.1) is 0 Å². The Morgan fingerprint density at radius 3 is 1.42 bits per heavy atom. The Labute approximate surface area is 278 Å². The highest BCUT2D eigenvalue weighted by molar-refractivity contribution is 5.69. The van der Waals surface area contributed by atoms with E-state index in [-0.39, 0.29) is 11.9 Å². The molecule has 0 saturated carbocycles. The van der Waals surface area contributed by atoms with E-state index in [0.717, 1.165) is 77.8 Å². The third-order valence-corrected chi connectivity index (χ3v) is 10.1. The number of unbranched alkanes of at least 4 members (excludes halogenated alkanes) is 16. The van der Waals surface area contributed by atoms with Crippen molar-refractivity contribution in [3.05, 3.63) is 0 Å². The number of carbonyl (C=O) groups is 2. The third-order valence-electron chi connectivity index (χ3n) is 10.1. The van der Waals surface area contributed by atoms with Crippen molar-refractivity contribution in [2.24, 2.45) is 0 Å². The lowest BCUT2D eigenvalue weighted by Crippen LogP contribution is -2.51. The molecule has 0 bridgehead atoms. The second kappa shape index (κ2) is 27.9. The van der Waals surface area contributed by atoms with Gasteiger partial charge in [0.15, 0.2) is 0 Å². The minimum Gasteiger partial charge on any atom is -0.464 e. The fourth-order valence-corrected chi connectivity index (χ4v) is 7.12. The van der Waals surface area contributed by atoms with Gasteiger partial charge in [-0.3, -0.25) is 14.5 Å². The minimum absolute atomic E-state index is 0.0639. The molecule has 0 aromatic heterocycles. The SMILES string of the molecule is CCCCCCCCCCCC(=O)OCCN(CCOC(=O)CCCCCCCCCCC)C1CCN(C2CCNCC2)CC1. The van der Waals surface area contributed by atoms with Gasteiger partial charge in [-0.25, -0.2) is 0 Å². The Bertz CT molecular complexity index is 667. The van der Waals surface area contributed by atoms with Crippen LogP contribution < -0.4 is 5.32 Å². The van der Waals surface area contributed by atoms with Crippen molar-refractivity contribution in [1.82, 2.24) is 15.1 Å². The number of ether oxygens (including phenoxy) is 2. The fraction of sp³-hybridized carbons (Fsp3) is 0.947. The summed E-state index contributed by atoms with van der Waals surface area (Å²) >= 11 is 0. The fourth-order valence-electron chi connectivity index (χ4n) is 7.12. The van der Waals surface area contributed by atoms with Crippen molar-refractivity contribution in [2.75, 3.05) is 52.5 Å². The summed E-state index contributed by atoms with van der Waals surface area (Å²) in [7, 11) is 0. The molecular formula is C38H73N3O4. The summed E-state index contributed by atoms with van der Waals surface area (Å²) in [6.07, 6.45) is 28.3. The highest BCUT2D eigenvalue weighted by atomic mass is 16.5. The number of esters is 2. The van der Waals surface area contributed by atoms with Crippen molar-refractivity contribution in [3.63, 3.8) is 0 Å². The molecule has 45 heavy (non-hydrogen) atoms. The molecule has 264 valence electrons. The van der Waals surface area contributed by atoms with Crippen molar-refractivity contribution in [3.8, 4) is 0 Å². The molecule has 2 heterocycles. The van der Waals surface area contributed by atoms with Crippen LogP contribution in [0.5, 0.6) is 0 Å². The Morgan fingerprint density at radius 2 is 1.00 bits per heavy atom. The minimum atomic E-state index is -0.0639. The highest BCUT2D eigenvalue weighted by Crippen LogP contribution is 2.22. The summed E-state index contributed by atoms with van der Waals surface area (Å²) in [4.78, 5) is 30.0. The predicted molar refractivity (Wildman–Crippen MR) is 188 cm³/mol. The Hall–Kier alpha value is -1.18. The number of nitrogens with zero attached hydrogens (tertiary/aromatic N) is 2. The highest BCUT2D eigenvalue weighted by Gasteiger charge is 2.29. The van der Waals surface area contributed by atoms with Crippen molar-refractivity contribution in [1.29, 1.82) is 0 Å². The zero-order valence-electron chi connectivity index (χ0n) is 29.8. The molecule has 0 spiro atoms. The summed E-state index contributed by atoms with van der Waals surface area (Å²) < 4.78 is 11.4. The molecule has 0 radical (unpaired) electrons. The number of carbonyl (C=O) groups excluding carboxylic acids is 2. The van der Waals surface area contributed by atoms with Gasteiger partial charge < -0.3 is 19.7 Å². The molecule has 1 N–H and O–H groups in total. The lowest BCUT2D eigenvalue weighted by atomic mass is 9.97. The second-order valence-corrected chi connectivity index (χ2v) is 13.9. The Morgan fingerprint density at radius 1 is 0.600 bits per heavy atom. The molecule has 2 fully saturated rings. The van der Waals surface area contributed by atoms with E-state index in [2.05, 4.69) is 29.0 Å². The summed E-state index contributed by atoms with van der Waals surface area (Å²) in [5, 5.41) is 3.49. The topological polar surface area (TPSA) is 71.1 Å². The van der Waals surface area contributed by atoms with E-state index in [1.807, 2.05) is 0 Å². The van der Waals surface area contributed by atoms with E-state index >= 15 is 0 Å². The largest absolute Gasteiger partial charge is 0.464 e. The van der Waals surface area contributed by atoms with Crippen LogP contribution in [-0.2, 0) is 19.1 Å². The van der Waals surface area contributed by atoms with Crippen LogP contribution in [0.15, 0.2) is 0 Å². The molecule has 0 unspecified atom stereocenters. The van der Waals surface area contributed by atoms with E-state index in [0.29, 0.717) is 38.1 Å². The zero-order valence-corrected chi connectivity index (χ0v) is 29.8. The molecule has 2 rings (SSSR count). The number of nitrogens with one attached hydrogen (secondary N) is 1. The first-order valence-electron chi connectivity index (χ1n) is 19.6. The van der Waals surface area contributed by atoms with Gasteiger partial charge in [0.05, 0.1) is 0 Å². The molecule has 2 aliphatic rings. The molecule has 0 aromatic rings. The van der Waals surface area contributed by atoms with Crippen LogP contribution >= 0.6 is 0 Å². The van der Waals surface area contributed by atoms with Gasteiger partial charge in [-0.15, -0.1) is 0 Å². The molecule has 0 atom stereocenters. The smallest absolute Gasteiger partial charge is 0.305 e. The molecular weight excluding hydrogens is 562 g/mol. The van der Waals surface area contributed by atoms with Crippen molar-refractivity contribution < 1.29 is 19.1 Å². The van der Waals surface area contributed by atoms with E-state index in [4.69, 9.17) is 9.47 Å². The number of piperidine rings is 2. The van der Waals surface area contributed by atoms with Gasteiger partial charge in [0, 0.05) is 38.0 Å². The zero-order chi connectivity index (χ0) is 32.2. The quantitative estimate of drug-likeness (QED) is 0.0683.